The summed E-state index contributed by atoms with van der Waals surface area (Å²) in [6.45, 7) is 0. The number of carbonyl (C=O) groups excluding carboxylic acids is 1. The van der Waals surface area contributed by atoms with Crippen molar-refractivity contribution >= 4 is 38.4 Å². The number of nitrogens with zero attached hydrogens (tertiary/aromatic N) is 1. The van der Waals surface area contributed by atoms with Gasteiger partial charge in [-0.3, -0.25) is 9.36 Å². The molecule has 2 aromatic carbocycles. The maximum atomic E-state index is 13.4. The normalized spacial score (nSPS) is 11.8. The van der Waals surface area contributed by atoms with Crippen molar-refractivity contribution in [3.05, 3.63) is 64.3 Å². The minimum absolute atomic E-state index is 0.154. The highest BCUT2D eigenvalue weighted by Crippen LogP contribution is 2.35. The number of nitrogen functional groups attached to an aromatic ring is 1. The summed E-state index contributed by atoms with van der Waals surface area (Å²) in [6, 6.07) is 12.2. The molecule has 124 valence electrons. The second-order valence-corrected chi connectivity index (χ2v) is 6.20. The fourth-order valence-corrected chi connectivity index (χ4v) is 3.02. The molecule has 0 atom stereocenters. The molecule has 0 spiro atoms. The van der Waals surface area contributed by atoms with Gasteiger partial charge >= 0.3 is 6.18 Å². The summed E-state index contributed by atoms with van der Waals surface area (Å²) < 4.78 is 41.4. The lowest BCUT2D eigenvalue weighted by molar-refractivity contribution is -0.142. The van der Waals surface area contributed by atoms with E-state index in [1.807, 2.05) is 0 Å². The Morgan fingerprint density at radius 3 is 2.50 bits per heavy atom. The average Bonchev–Trinajstić information content (AvgIpc) is 2.88. The summed E-state index contributed by atoms with van der Waals surface area (Å²) >= 11 is 3.31. The van der Waals surface area contributed by atoms with E-state index in [1.54, 1.807) is 24.3 Å². The predicted octanol–water partition coefficient (Wildman–Crippen LogP) is 4.89. The molecule has 24 heavy (non-hydrogen) atoms. The molecule has 0 radical (unpaired) electrons. The van der Waals surface area contributed by atoms with E-state index in [1.165, 1.54) is 18.2 Å². The van der Waals surface area contributed by atoms with Gasteiger partial charge in [0.1, 0.15) is 5.69 Å². The van der Waals surface area contributed by atoms with E-state index < -0.39 is 17.8 Å². The van der Waals surface area contributed by atoms with Crippen LogP contribution < -0.4 is 5.73 Å². The van der Waals surface area contributed by atoms with Gasteiger partial charge in [0, 0.05) is 15.5 Å². The molecule has 3 aromatic rings. The Bertz CT molecular complexity index is 931. The van der Waals surface area contributed by atoms with Crippen LogP contribution in [-0.2, 0) is 12.6 Å². The fraction of sp³-hybridized carbons (Fsp3) is 0.118. The van der Waals surface area contributed by atoms with Crippen LogP contribution in [0.5, 0.6) is 0 Å². The van der Waals surface area contributed by atoms with Gasteiger partial charge in [0.25, 0.3) is 0 Å². The predicted molar refractivity (Wildman–Crippen MR) is 89.8 cm³/mol. The molecule has 1 aromatic heterocycles. The quantitative estimate of drug-likeness (QED) is 0.627. The van der Waals surface area contributed by atoms with E-state index in [-0.39, 0.29) is 17.3 Å². The first-order valence-electron chi connectivity index (χ1n) is 7.02. The van der Waals surface area contributed by atoms with Crippen molar-refractivity contribution < 1.29 is 18.0 Å². The van der Waals surface area contributed by atoms with Crippen LogP contribution in [0.2, 0.25) is 0 Å². The minimum atomic E-state index is -4.64. The number of nitrogens with two attached hydrogens (primary N) is 1. The monoisotopic (exact) mass is 396 g/mol. The van der Waals surface area contributed by atoms with Crippen LogP contribution in [0.15, 0.2) is 53.0 Å². The van der Waals surface area contributed by atoms with Crippen molar-refractivity contribution in [2.45, 2.75) is 12.6 Å². The number of fused-ring (bicyclic) bond motifs is 1. The molecule has 0 saturated carbocycles. The van der Waals surface area contributed by atoms with Crippen LogP contribution in [0.3, 0.4) is 0 Å². The van der Waals surface area contributed by atoms with Crippen molar-refractivity contribution in [2.24, 2.45) is 0 Å². The van der Waals surface area contributed by atoms with Gasteiger partial charge in [-0.1, -0.05) is 34.1 Å². The van der Waals surface area contributed by atoms with Crippen LogP contribution in [-0.4, -0.2) is 10.5 Å². The van der Waals surface area contributed by atoms with Gasteiger partial charge in [-0.15, -0.1) is 0 Å². The number of halogens is 4. The number of aromatic nitrogens is 1. The Morgan fingerprint density at radius 1 is 1.12 bits per heavy atom. The SMILES string of the molecule is Nc1ccc2c(c1)cc(C(F)(F)F)n2C(=O)Cc1ccccc1Br. The summed E-state index contributed by atoms with van der Waals surface area (Å²) in [5.74, 6) is -0.658. The lowest BCUT2D eigenvalue weighted by Crippen LogP contribution is -2.21. The van der Waals surface area contributed by atoms with Gasteiger partial charge < -0.3 is 5.73 Å². The lowest BCUT2D eigenvalue weighted by Gasteiger charge is -2.12. The molecule has 2 N–H and O–H groups in total. The summed E-state index contributed by atoms with van der Waals surface area (Å²) in [7, 11) is 0. The maximum absolute atomic E-state index is 13.4. The van der Waals surface area contributed by atoms with Crippen molar-refractivity contribution in [1.29, 1.82) is 0 Å². The lowest BCUT2D eigenvalue weighted by atomic mass is 10.1. The van der Waals surface area contributed by atoms with E-state index in [0.29, 0.717) is 20.3 Å². The molecule has 0 bridgehead atoms. The number of carbonyl (C=O) groups is 1. The summed E-state index contributed by atoms with van der Waals surface area (Å²) in [4.78, 5) is 12.6. The zero-order valence-electron chi connectivity index (χ0n) is 12.3. The highest BCUT2D eigenvalue weighted by Gasteiger charge is 2.37. The zero-order valence-corrected chi connectivity index (χ0v) is 13.9. The topological polar surface area (TPSA) is 48.0 Å². The van der Waals surface area contributed by atoms with E-state index in [0.717, 1.165) is 6.07 Å². The van der Waals surface area contributed by atoms with Gasteiger partial charge in [0.2, 0.25) is 5.91 Å². The van der Waals surface area contributed by atoms with E-state index in [2.05, 4.69) is 15.9 Å². The number of anilines is 1. The maximum Gasteiger partial charge on any atom is 0.431 e. The van der Waals surface area contributed by atoms with Crippen molar-refractivity contribution in [2.75, 3.05) is 5.73 Å². The molecule has 0 saturated heterocycles. The molecule has 3 rings (SSSR count). The van der Waals surface area contributed by atoms with Crippen LogP contribution in [0.4, 0.5) is 18.9 Å². The number of benzene rings is 2. The Labute approximate surface area is 144 Å². The van der Waals surface area contributed by atoms with E-state index in [9.17, 15) is 18.0 Å². The van der Waals surface area contributed by atoms with Gasteiger partial charge in [0.15, 0.2) is 0 Å². The Hall–Kier alpha value is -2.28. The second kappa shape index (κ2) is 5.98. The molecule has 0 unspecified atom stereocenters. The first-order valence-corrected chi connectivity index (χ1v) is 7.81. The van der Waals surface area contributed by atoms with Crippen LogP contribution in [0.1, 0.15) is 16.1 Å². The molecule has 0 aliphatic rings. The molecule has 0 amide bonds. The zero-order chi connectivity index (χ0) is 17.5. The van der Waals surface area contributed by atoms with Crippen molar-refractivity contribution in [1.82, 2.24) is 4.57 Å². The van der Waals surface area contributed by atoms with E-state index in [4.69, 9.17) is 5.73 Å². The molecule has 0 aliphatic carbocycles. The molecule has 0 aliphatic heterocycles. The standard InChI is InChI=1S/C17H12BrF3N2O/c18-13-4-2-1-3-10(13)9-16(24)23-14-6-5-12(22)7-11(14)8-15(23)17(19,20)21/h1-8H,9,22H2. The van der Waals surface area contributed by atoms with Crippen molar-refractivity contribution in [3.8, 4) is 0 Å². The fourth-order valence-electron chi connectivity index (χ4n) is 2.59. The van der Waals surface area contributed by atoms with Gasteiger partial charge in [-0.25, -0.2) is 0 Å². The third kappa shape index (κ3) is 3.03. The molecular weight excluding hydrogens is 385 g/mol. The number of rotatable bonds is 2. The average molecular weight is 397 g/mol. The summed E-state index contributed by atoms with van der Waals surface area (Å²) in [5, 5.41) is 0.280. The Balaban J connectivity index is 2.13. The third-order valence-corrected chi connectivity index (χ3v) is 4.44. The smallest absolute Gasteiger partial charge is 0.399 e. The Kier molecular flexibility index (Phi) is 4.13. The first-order chi connectivity index (χ1) is 11.3. The molecule has 1 heterocycles. The van der Waals surface area contributed by atoms with Gasteiger partial charge in [0.05, 0.1) is 11.9 Å². The first kappa shape index (κ1) is 16.6. The molecule has 0 fully saturated rings. The van der Waals surface area contributed by atoms with Crippen LogP contribution in [0, 0.1) is 0 Å². The van der Waals surface area contributed by atoms with Crippen LogP contribution in [0.25, 0.3) is 10.9 Å². The van der Waals surface area contributed by atoms with Gasteiger partial charge in [-0.2, -0.15) is 13.2 Å². The minimum Gasteiger partial charge on any atom is -0.399 e. The molecule has 7 heteroatoms. The van der Waals surface area contributed by atoms with E-state index >= 15 is 0 Å². The molecular formula is C17H12BrF3N2O. The number of alkyl halides is 3. The second-order valence-electron chi connectivity index (χ2n) is 5.34. The van der Waals surface area contributed by atoms with Gasteiger partial charge in [-0.05, 0) is 35.9 Å². The highest BCUT2D eigenvalue weighted by molar-refractivity contribution is 9.10. The Morgan fingerprint density at radius 2 is 1.83 bits per heavy atom. The highest BCUT2D eigenvalue weighted by atomic mass is 79.9. The van der Waals surface area contributed by atoms with Crippen LogP contribution >= 0.6 is 15.9 Å². The summed E-state index contributed by atoms with van der Waals surface area (Å²) in [6.07, 6.45) is -4.80. The summed E-state index contributed by atoms with van der Waals surface area (Å²) in [5.41, 5.74) is 5.78. The number of hydrogen-bond acceptors (Lipinski definition) is 2. The van der Waals surface area contributed by atoms with Crippen molar-refractivity contribution in [3.63, 3.8) is 0 Å². The third-order valence-electron chi connectivity index (χ3n) is 3.66. The number of hydrogen-bond donors (Lipinski definition) is 1. The molecule has 3 nitrogen and oxygen atoms in total. The largest absolute Gasteiger partial charge is 0.431 e.